The van der Waals surface area contributed by atoms with Gasteiger partial charge < -0.3 is 10.6 Å². The summed E-state index contributed by atoms with van der Waals surface area (Å²) in [7, 11) is 0. The van der Waals surface area contributed by atoms with Crippen molar-refractivity contribution in [2.24, 2.45) is 23.7 Å². The lowest BCUT2D eigenvalue weighted by Gasteiger charge is -2.19. The molecule has 0 spiro atoms. The summed E-state index contributed by atoms with van der Waals surface area (Å²) in [6.45, 7) is 11.4. The van der Waals surface area contributed by atoms with Crippen molar-refractivity contribution in [3.63, 3.8) is 0 Å². The van der Waals surface area contributed by atoms with Crippen LogP contribution in [0.4, 0.5) is 0 Å². The van der Waals surface area contributed by atoms with E-state index >= 15 is 0 Å². The zero-order chi connectivity index (χ0) is 26.5. The number of imide groups is 2. The second kappa shape index (κ2) is 15.7. The Bertz CT molecular complexity index is 743. The molecule has 2 heterocycles. The molecule has 2 fully saturated rings. The van der Waals surface area contributed by atoms with Crippen LogP contribution >= 0.6 is 0 Å². The standard InChI is InChI=1S/C28H46N4O4/c1-5-9-11-21(7-3)23-19-25(33)31(27(23)35)17-15-29-13-14-30-16-18-32-26(34)20-24(28(32)36)22(8-4)12-10-6-2/h9-12,21-24,29-30H,5-8,13-20H2,1-4H3/b11-9+,12-10+. The summed E-state index contributed by atoms with van der Waals surface area (Å²) < 4.78 is 0. The maximum Gasteiger partial charge on any atom is 0.233 e. The number of rotatable bonds is 17. The third kappa shape index (κ3) is 8.10. The van der Waals surface area contributed by atoms with Gasteiger partial charge in [0.1, 0.15) is 0 Å². The first kappa shape index (κ1) is 29.9. The van der Waals surface area contributed by atoms with Crippen molar-refractivity contribution in [3.8, 4) is 0 Å². The first-order chi connectivity index (χ1) is 17.4. The fourth-order valence-corrected chi connectivity index (χ4v) is 5.10. The lowest BCUT2D eigenvalue weighted by molar-refractivity contribution is -0.141. The van der Waals surface area contributed by atoms with Crippen LogP contribution in [0.3, 0.4) is 0 Å². The number of hydrogen-bond acceptors (Lipinski definition) is 6. The van der Waals surface area contributed by atoms with Gasteiger partial charge in [0.05, 0.1) is 11.8 Å². The minimum absolute atomic E-state index is 0.0544. The first-order valence-electron chi connectivity index (χ1n) is 13.8. The lowest BCUT2D eigenvalue weighted by Crippen LogP contribution is -2.40. The molecule has 0 bridgehead atoms. The average Bonchev–Trinajstić information content (AvgIpc) is 3.31. The van der Waals surface area contributed by atoms with E-state index in [1.54, 1.807) is 0 Å². The molecule has 4 amide bonds. The van der Waals surface area contributed by atoms with Crippen molar-refractivity contribution < 1.29 is 19.2 Å². The average molecular weight is 503 g/mol. The van der Waals surface area contributed by atoms with Crippen molar-refractivity contribution >= 4 is 23.6 Å². The Labute approximate surface area is 216 Å². The predicted molar refractivity (Wildman–Crippen MR) is 142 cm³/mol. The van der Waals surface area contributed by atoms with E-state index in [2.05, 4.69) is 62.6 Å². The summed E-state index contributed by atoms with van der Waals surface area (Å²) in [6.07, 6.45) is 12.5. The number of amides is 4. The monoisotopic (exact) mass is 502 g/mol. The normalized spacial score (nSPS) is 22.7. The van der Waals surface area contributed by atoms with Crippen LogP contribution in [0.15, 0.2) is 24.3 Å². The van der Waals surface area contributed by atoms with Crippen molar-refractivity contribution in [1.82, 2.24) is 20.4 Å². The second-order valence-electron chi connectivity index (χ2n) is 9.71. The number of nitrogens with one attached hydrogen (secondary N) is 2. The highest BCUT2D eigenvalue weighted by atomic mass is 16.2. The summed E-state index contributed by atoms with van der Waals surface area (Å²) in [5.74, 6) is -0.509. The Kier molecular flexibility index (Phi) is 13.1. The van der Waals surface area contributed by atoms with E-state index < -0.39 is 0 Å². The molecule has 2 aliphatic rings. The van der Waals surface area contributed by atoms with Crippen LogP contribution in [-0.4, -0.2) is 72.7 Å². The molecule has 0 radical (unpaired) electrons. The SMILES string of the molecule is CC/C=C/C(CC)C1CC(=O)N(CCNCCNCCN2C(=O)CC(C(/C=C/CC)CC)C2=O)C1=O. The van der Waals surface area contributed by atoms with Gasteiger partial charge in [0.15, 0.2) is 0 Å². The molecule has 202 valence electrons. The lowest BCUT2D eigenvalue weighted by atomic mass is 9.88. The van der Waals surface area contributed by atoms with Gasteiger partial charge in [-0.05, 0) is 37.5 Å². The molecule has 0 aromatic rings. The van der Waals surface area contributed by atoms with Gasteiger partial charge >= 0.3 is 0 Å². The third-order valence-electron chi connectivity index (χ3n) is 7.27. The number of allylic oxidation sites excluding steroid dienone is 4. The minimum atomic E-state index is -0.238. The second-order valence-corrected chi connectivity index (χ2v) is 9.71. The smallest absolute Gasteiger partial charge is 0.233 e. The fourth-order valence-electron chi connectivity index (χ4n) is 5.10. The van der Waals surface area contributed by atoms with E-state index in [9.17, 15) is 19.2 Å². The van der Waals surface area contributed by atoms with Crippen molar-refractivity contribution in [1.29, 1.82) is 0 Å². The zero-order valence-corrected chi connectivity index (χ0v) is 22.6. The Morgan fingerprint density at radius 1 is 0.694 bits per heavy atom. The minimum Gasteiger partial charge on any atom is -0.314 e. The highest BCUT2D eigenvalue weighted by molar-refractivity contribution is 6.04. The Hall–Kier alpha value is -2.32. The van der Waals surface area contributed by atoms with Gasteiger partial charge in [-0.1, -0.05) is 52.0 Å². The van der Waals surface area contributed by atoms with Crippen LogP contribution in [0.25, 0.3) is 0 Å². The molecule has 2 aliphatic heterocycles. The van der Waals surface area contributed by atoms with Crippen molar-refractivity contribution in [3.05, 3.63) is 24.3 Å². The van der Waals surface area contributed by atoms with Crippen molar-refractivity contribution in [2.75, 3.05) is 39.3 Å². The summed E-state index contributed by atoms with van der Waals surface area (Å²) >= 11 is 0. The molecule has 4 atom stereocenters. The van der Waals surface area contributed by atoms with E-state index in [0.29, 0.717) is 52.1 Å². The van der Waals surface area contributed by atoms with Crippen LogP contribution in [0, 0.1) is 23.7 Å². The van der Waals surface area contributed by atoms with E-state index in [-0.39, 0.29) is 47.3 Å². The van der Waals surface area contributed by atoms with Gasteiger partial charge in [0.25, 0.3) is 0 Å². The highest BCUT2D eigenvalue weighted by Gasteiger charge is 2.42. The Balaban J connectivity index is 1.65. The van der Waals surface area contributed by atoms with E-state index in [0.717, 1.165) is 25.7 Å². The molecular formula is C28H46N4O4. The third-order valence-corrected chi connectivity index (χ3v) is 7.27. The summed E-state index contributed by atoms with van der Waals surface area (Å²) in [4.78, 5) is 53.1. The highest BCUT2D eigenvalue weighted by Crippen LogP contribution is 2.30. The molecule has 36 heavy (non-hydrogen) atoms. The largest absolute Gasteiger partial charge is 0.314 e. The summed E-state index contributed by atoms with van der Waals surface area (Å²) in [5, 5.41) is 6.53. The van der Waals surface area contributed by atoms with Gasteiger partial charge in [-0.25, -0.2) is 0 Å². The van der Waals surface area contributed by atoms with Crippen molar-refractivity contribution in [2.45, 2.75) is 66.2 Å². The molecule has 0 saturated carbocycles. The number of carbonyl (C=O) groups is 4. The molecule has 2 saturated heterocycles. The van der Waals surface area contributed by atoms with Crippen LogP contribution in [0.5, 0.6) is 0 Å². The summed E-state index contributed by atoms with van der Waals surface area (Å²) in [5.41, 5.74) is 0. The quantitative estimate of drug-likeness (QED) is 0.180. The van der Waals surface area contributed by atoms with E-state index in [4.69, 9.17) is 0 Å². The van der Waals surface area contributed by atoms with E-state index in [1.165, 1.54) is 9.80 Å². The molecule has 0 aromatic heterocycles. The number of carbonyl (C=O) groups excluding carboxylic acids is 4. The number of nitrogens with zero attached hydrogens (tertiary/aromatic N) is 2. The zero-order valence-electron chi connectivity index (χ0n) is 22.6. The molecule has 0 aromatic carbocycles. The first-order valence-corrected chi connectivity index (χ1v) is 13.8. The maximum absolute atomic E-state index is 12.8. The molecule has 4 unspecified atom stereocenters. The summed E-state index contributed by atoms with van der Waals surface area (Å²) in [6, 6.07) is 0. The fraction of sp³-hybridized carbons (Fsp3) is 0.714. The van der Waals surface area contributed by atoms with Gasteiger partial charge in [-0.15, -0.1) is 0 Å². The molecule has 2 N–H and O–H groups in total. The number of likely N-dealkylation sites (tertiary alicyclic amines) is 2. The maximum atomic E-state index is 12.8. The predicted octanol–water partition coefficient (Wildman–Crippen LogP) is 2.90. The van der Waals surface area contributed by atoms with Gasteiger partial charge in [-0.3, -0.25) is 29.0 Å². The van der Waals surface area contributed by atoms with Gasteiger partial charge in [0, 0.05) is 52.1 Å². The molecule has 0 aliphatic carbocycles. The topological polar surface area (TPSA) is 98.8 Å². The molecule has 8 nitrogen and oxygen atoms in total. The Morgan fingerprint density at radius 3 is 1.42 bits per heavy atom. The molecular weight excluding hydrogens is 456 g/mol. The van der Waals surface area contributed by atoms with E-state index in [1.807, 2.05) is 0 Å². The van der Waals surface area contributed by atoms with Crippen LogP contribution < -0.4 is 10.6 Å². The Morgan fingerprint density at radius 2 is 1.08 bits per heavy atom. The molecule has 8 heteroatoms. The van der Waals surface area contributed by atoms with Crippen LogP contribution in [0.1, 0.15) is 66.2 Å². The molecule has 2 rings (SSSR count). The van der Waals surface area contributed by atoms with Gasteiger partial charge in [-0.2, -0.15) is 0 Å². The van der Waals surface area contributed by atoms with Crippen LogP contribution in [-0.2, 0) is 19.2 Å². The van der Waals surface area contributed by atoms with Gasteiger partial charge in [0.2, 0.25) is 23.6 Å². The van der Waals surface area contributed by atoms with Crippen LogP contribution in [0.2, 0.25) is 0 Å². The number of hydrogen-bond donors (Lipinski definition) is 2.